The molecular weight excluding hydrogens is 278 g/mol. The minimum absolute atomic E-state index is 0.0859. The molecule has 0 saturated heterocycles. The Labute approximate surface area is 101 Å². The van der Waals surface area contributed by atoms with Gasteiger partial charge in [-0.25, -0.2) is 4.98 Å². The zero-order chi connectivity index (χ0) is 12.3. The summed E-state index contributed by atoms with van der Waals surface area (Å²) in [6.45, 7) is 1.67. The summed E-state index contributed by atoms with van der Waals surface area (Å²) in [6.07, 6.45) is 1.49. The zero-order valence-corrected chi connectivity index (χ0v) is 10.5. The van der Waals surface area contributed by atoms with Crippen LogP contribution in [-0.4, -0.2) is 34.7 Å². The Morgan fingerprint density at radius 2 is 2.38 bits per heavy atom. The summed E-state index contributed by atoms with van der Waals surface area (Å²) >= 11 is 3.13. The molecule has 0 aliphatic rings. The van der Waals surface area contributed by atoms with Crippen molar-refractivity contribution in [3.05, 3.63) is 26.9 Å². The maximum atomic E-state index is 10.8. The lowest BCUT2D eigenvalue weighted by atomic mass is 10.3. The van der Waals surface area contributed by atoms with Gasteiger partial charge in [-0.05, 0) is 22.9 Å². The molecule has 1 heterocycles. The highest BCUT2D eigenvalue weighted by Gasteiger charge is 2.22. The molecule has 0 radical (unpaired) electrons. The first kappa shape index (κ1) is 12.9. The first-order chi connectivity index (χ1) is 7.47. The molecule has 0 aromatic carbocycles. The second-order valence-corrected chi connectivity index (χ2v) is 4.31. The number of pyridine rings is 1. The van der Waals surface area contributed by atoms with Crippen LogP contribution in [0.4, 0.5) is 11.5 Å². The average molecular weight is 290 g/mol. The van der Waals surface area contributed by atoms with Gasteiger partial charge in [0.15, 0.2) is 0 Å². The van der Waals surface area contributed by atoms with Gasteiger partial charge in [0.1, 0.15) is 0 Å². The average Bonchev–Trinajstić information content (AvgIpc) is 2.26. The van der Waals surface area contributed by atoms with Gasteiger partial charge in [-0.15, -0.1) is 0 Å². The maximum absolute atomic E-state index is 10.8. The summed E-state index contributed by atoms with van der Waals surface area (Å²) in [4.78, 5) is 15.9. The molecule has 0 spiro atoms. The number of aliphatic hydroxyl groups excluding tert-OH is 1. The number of hydrogen-bond donors (Lipinski definition) is 1. The van der Waals surface area contributed by atoms with E-state index in [0.29, 0.717) is 4.47 Å². The SMILES string of the molecule is CC(CO)N(C)c1ncc(Br)cc1[N+](=O)[O-]. The highest BCUT2D eigenvalue weighted by molar-refractivity contribution is 9.10. The Morgan fingerprint density at radius 1 is 1.75 bits per heavy atom. The van der Waals surface area contributed by atoms with Crippen LogP contribution in [0.2, 0.25) is 0 Å². The predicted molar refractivity (Wildman–Crippen MR) is 63.5 cm³/mol. The molecule has 0 aliphatic heterocycles. The quantitative estimate of drug-likeness (QED) is 0.672. The van der Waals surface area contributed by atoms with Crippen molar-refractivity contribution < 1.29 is 10.0 Å². The van der Waals surface area contributed by atoms with Crippen molar-refractivity contribution in [2.24, 2.45) is 0 Å². The van der Waals surface area contributed by atoms with Crippen molar-refractivity contribution in [1.29, 1.82) is 0 Å². The fourth-order valence-electron chi connectivity index (χ4n) is 1.16. The molecule has 1 atom stereocenters. The topological polar surface area (TPSA) is 79.5 Å². The second-order valence-electron chi connectivity index (χ2n) is 3.40. The molecule has 0 fully saturated rings. The molecule has 88 valence electrons. The van der Waals surface area contributed by atoms with E-state index in [1.54, 1.807) is 18.9 Å². The van der Waals surface area contributed by atoms with E-state index in [9.17, 15) is 10.1 Å². The molecule has 1 N–H and O–H groups in total. The zero-order valence-electron chi connectivity index (χ0n) is 8.92. The summed E-state index contributed by atoms with van der Waals surface area (Å²) in [7, 11) is 1.66. The minimum Gasteiger partial charge on any atom is -0.394 e. The van der Waals surface area contributed by atoms with Crippen molar-refractivity contribution in [1.82, 2.24) is 4.98 Å². The Morgan fingerprint density at radius 3 is 2.88 bits per heavy atom. The molecule has 0 amide bonds. The molecule has 1 aromatic heterocycles. The standard InChI is InChI=1S/C9H12BrN3O3/c1-6(5-14)12(2)9-8(13(15)16)3-7(10)4-11-9/h3-4,6,14H,5H2,1-2H3. The van der Waals surface area contributed by atoms with Crippen LogP contribution in [-0.2, 0) is 0 Å². The van der Waals surface area contributed by atoms with Crippen LogP contribution in [0.25, 0.3) is 0 Å². The fraction of sp³-hybridized carbons (Fsp3) is 0.444. The number of likely N-dealkylation sites (N-methyl/N-ethyl adjacent to an activating group) is 1. The highest BCUT2D eigenvalue weighted by atomic mass is 79.9. The van der Waals surface area contributed by atoms with Crippen molar-refractivity contribution in [3.8, 4) is 0 Å². The lowest BCUT2D eigenvalue weighted by molar-refractivity contribution is -0.384. The van der Waals surface area contributed by atoms with Crippen molar-refractivity contribution in [2.75, 3.05) is 18.6 Å². The van der Waals surface area contributed by atoms with E-state index >= 15 is 0 Å². The van der Waals surface area contributed by atoms with E-state index in [4.69, 9.17) is 5.11 Å². The normalized spacial score (nSPS) is 12.2. The van der Waals surface area contributed by atoms with Gasteiger partial charge in [0.2, 0.25) is 5.82 Å². The Bertz CT molecular complexity index is 400. The highest BCUT2D eigenvalue weighted by Crippen LogP contribution is 2.28. The fourth-order valence-corrected chi connectivity index (χ4v) is 1.48. The van der Waals surface area contributed by atoms with Gasteiger partial charge in [-0.1, -0.05) is 0 Å². The maximum Gasteiger partial charge on any atom is 0.312 e. The molecule has 16 heavy (non-hydrogen) atoms. The molecule has 0 aliphatic carbocycles. The van der Waals surface area contributed by atoms with Crippen LogP contribution in [0.5, 0.6) is 0 Å². The summed E-state index contributed by atoms with van der Waals surface area (Å²) in [6, 6.07) is 1.16. The van der Waals surface area contributed by atoms with Gasteiger partial charge in [0.25, 0.3) is 0 Å². The summed E-state index contributed by atoms with van der Waals surface area (Å²) in [5.41, 5.74) is -0.0859. The lowest BCUT2D eigenvalue weighted by Crippen LogP contribution is -2.32. The number of aliphatic hydroxyl groups is 1. The molecular formula is C9H12BrN3O3. The van der Waals surface area contributed by atoms with Gasteiger partial charge in [0.05, 0.1) is 17.6 Å². The molecule has 1 aromatic rings. The van der Waals surface area contributed by atoms with Crippen LogP contribution in [0, 0.1) is 10.1 Å². The molecule has 6 nitrogen and oxygen atoms in total. The molecule has 1 unspecified atom stereocenters. The van der Waals surface area contributed by atoms with E-state index in [-0.39, 0.29) is 24.2 Å². The van der Waals surface area contributed by atoms with Gasteiger partial charge in [-0.3, -0.25) is 10.1 Å². The van der Waals surface area contributed by atoms with Gasteiger partial charge in [0, 0.05) is 23.8 Å². The second kappa shape index (κ2) is 5.22. The number of hydrogen-bond acceptors (Lipinski definition) is 5. The first-order valence-corrected chi connectivity index (χ1v) is 5.40. The Kier molecular flexibility index (Phi) is 4.19. The number of anilines is 1. The van der Waals surface area contributed by atoms with Gasteiger partial charge in [-0.2, -0.15) is 0 Å². The van der Waals surface area contributed by atoms with Crippen LogP contribution < -0.4 is 4.90 Å². The Balaban J connectivity index is 3.17. The van der Waals surface area contributed by atoms with Crippen LogP contribution in [0.1, 0.15) is 6.92 Å². The summed E-state index contributed by atoms with van der Waals surface area (Å²) in [5.74, 6) is 0.245. The number of nitrogens with zero attached hydrogens (tertiary/aromatic N) is 3. The lowest BCUT2D eigenvalue weighted by Gasteiger charge is -2.23. The number of rotatable bonds is 4. The third-order valence-electron chi connectivity index (χ3n) is 2.27. The molecule has 0 bridgehead atoms. The third-order valence-corrected chi connectivity index (χ3v) is 2.70. The first-order valence-electron chi connectivity index (χ1n) is 4.61. The molecule has 7 heteroatoms. The van der Waals surface area contributed by atoms with Crippen molar-refractivity contribution in [2.45, 2.75) is 13.0 Å². The van der Waals surface area contributed by atoms with Crippen LogP contribution in [0.15, 0.2) is 16.7 Å². The van der Waals surface area contributed by atoms with E-state index in [2.05, 4.69) is 20.9 Å². The third kappa shape index (κ3) is 2.67. The molecule has 1 rings (SSSR count). The van der Waals surface area contributed by atoms with Gasteiger partial charge >= 0.3 is 5.69 Å². The predicted octanol–water partition coefficient (Wildman–Crippen LogP) is 1.57. The van der Waals surface area contributed by atoms with Crippen LogP contribution in [0.3, 0.4) is 0 Å². The van der Waals surface area contributed by atoms with E-state index in [1.165, 1.54) is 12.3 Å². The minimum atomic E-state index is -0.492. The monoisotopic (exact) mass is 289 g/mol. The van der Waals surface area contributed by atoms with Crippen molar-refractivity contribution >= 4 is 27.4 Å². The van der Waals surface area contributed by atoms with Crippen molar-refractivity contribution in [3.63, 3.8) is 0 Å². The Hall–Kier alpha value is -1.21. The summed E-state index contributed by atoms with van der Waals surface area (Å²) in [5, 5.41) is 19.8. The number of nitro groups is 1. The van der Waals surface area contributed by atoms with E-state index < -0.39 is 4.92 Å². The van der Waals surface area contributed by atoms with Crippen LogP contribution >= 0.6 is 15.9 Å². The summed E-state index contributed by atoms with van der Waals surface area (Å²) < 4.78 is 0.549. The van der Waals surface area contributed by atoms with E-state index in [1.807, 2.05) is 0 Å². The smallest absolute Gasteiger partial charge is 0.312 e. The van der Waals surface area contributed by atoms with E-state index in [0.717, 1.165) is 0 Å². The van der Waals surface area contributed by atoms with Gasteiger partial charge < -0.3 is 10.0 Å². The number of aromatic nitrogens is 1. The largest absolute Gasteiger partial charge is 0.394 e. The number of halogens is 1. The molecule has 0 saturated carbocycles.